The number of pyridine rings is 1. The highest BCUT2D eigenvalue weighted by atomic mass is 16.3. The zero-order chi connectivity index (χ0) is 18.0. The van der Waals surface area contributed by atoms with E-state index >= 15 is 0 Å². The smallest absolute Gasteiger partial charge is 0.227 e. The van der Waals surface area contributed by atoms with Gasteiger partial charge in [-0.3, -0.25) is 0 Å². The van der Waals surface area contributed by atoms with Crippen molar-refractivity contribution in [2.75, 3.05) is 0 Å². The lowest BCUT2D eigenvalue weighted by atomic mass is 10.1. The minimum Gasteiger partial charge on any atom is -0.438 e. The van der Waals surface area contributed by atoms with Crippen LogP contribution in [0.3, 0.4) is 0 Å². The van der Waals surface area contributed by atoms with Crippen molar-refractivity contribution < 1.29 is 4.42 Å². The molecule has 0 fully saturated rings. The summed E-state index contributed by atoms with van der Waals surface area (Å²) in [5, 5.41) is 4.69. The molecule has 0 N–H and O–H groups in total. The number of aryl methyl sites for hydroxylation is 1. The Morgan fingerprint density at radius 2 is 1.44 bits per heavy atom. The molecule has 3 heterocycles. The number of nitrogens with zero attached hydrogens (tertiary/aromatic N) is 2. The molecule has 3 aromatic heterocycles. The monoisotopic (exact) mass is 348 g/mol. The van der Waals surface area contributed by atoms with E-state index in [1.807, 2.05) is 12.3 Å². The molecule has 27 heavy (non-hydrogen) atoms. The minimum absolute atomic E-state index is 0.690. The summed E-state index contributed by atoms with van der Waals surface area (Å²) in [5.41, 5.74) is 6.24. The van der Waals surface area contributed by atoms with Gasteiger partial charge in [-0.05, 0) is 48.9 Å². The second-order valence-corrected chi connectivity index (χ2v) is 7.02. The summed E-state index contributed by atoms with van der Waals surface area (Å²) in [5.74, 6) is 0. The summed E-state index contributed by atoms with van der Waals surface area (Å²) in [6.07, 6.45) is 1.85. The van der Waals surface area contributed by atoms with Crippen LogP contribution in [0, 0.1) is 6.92 Å². The van der Waals surface area contributed by atoms with Gasteiger partial charge in [0, 0.05) is 33.4 Å². The van der Waals surface area contributed by atoms with Crippen molar-refractivity contribution in [1.82, 2.24) is 9.55 Å². The fourth-order valence-electron chi connectivity index (χ4n) is 4.09. The van der Waals surface area contributed by atoms with Gasteiger partial charge in [0.15, 0.2) is 0 Å². The molecule has 0 aliphatic carbocycles. The van der Waals surface area contributed by atoms with Gasteiger partial charge < -0.3 is 8.98 Å². The molecule has 0 amide bonds. The summed E-state index contributed by atoms with van der Waals surface area (Å²) in [6, 6.07) is 25.6. The number of rotatable bonds is 1. The maximum absolute atomic E-state index is 5.93. The van der Waals surface area contributed by atoms with E-state index in [4.69, 9.17) is 4.42 Å². The van der Waals surface area contributed by atoms with Crippen molar-refractivity contribution in [1.29, 1.82) is 0 Å². The van der Waals surface area contributed by atoms with Crippen LogP contribution in [0.5, 0.6) is 0 Å². The second-order valence-electron chi connectivity index (χ2n) is 7.02. The molecule has 0 radical (unpaired) electrons. The topological polar surface area (TPSA) is 31.0 Å². The Kier molecular flexibility index (Phi) is 2.81. The standard InChI is InChI=1S/C24H16N2O/c1-15-12-20-19-13-16(10-11-23(19)27-24(20)25-14-15)26-21-8-4-2-6-17(21)18-7-3-5-9-22(18)26/h2-14H,1H3. The SMILES string of the molecule is Cc1cnc2oc3ccc(-n4c5ccccc5c5ccccc54)cc3c2c1. The van der Waals surface area contributed by atoms with E-state index in [0.717, 1.165) is 27.6 Å². The summed E-state index contributed by atoms with van der Waals surface area (Å²) in [6.45, 7) is 2.06. The average molecular weight is 348 g/mol. The van der Waals surface area contributed by atoms with Gasteiger partial charge in [-0.25, -0.2) is 4.98 Å². The first-order valence-electron chi connectivity index (χ1n) is 9.07. The Balaban J connectivity index is 1.74. The van der Waals surface area contributed by atoms with Gasteiger partial charge in [0.25, 0.3) is 0 Å². The van der Waals surface area contributed by atoms with Crippen LogP contribution in [-0.2, 0) is 0 Å². The molecular weight excluding hydrogens is 332 g/mol. The fraction of sp³-hybridized carbons (Fsp3) is 0.0417. The molecule has 3 aromatic carbocycles. The van der Waals surface area contributed by atoms with Crippen molar-refractivity contribution in [3.05, 3.63) is 84.6 Å². The molecule has 0 saturated heterocycles. The van der Waals surface area contributed by atoms with Gasteiger partial charge >= 0.3 is 0 Å². The van der Waals surface area contributed by atoms with E-state index in [1.165, 1.54) is 21.8 Å². The Morgan fingerprint density at radius 1 is 0.741 bits per heavy atom. The Labute approximate surface area is 155 Å². The van der Waals surface area contributed by atoms with E-state index in [1.54, 1.807) is 0 Å². The predicted molar refractivity (Wildman–Crippen MR) is 111 cm³/mol. The number of hydrogen-bond acceptors (Lipinski definition) is 2. The molecule has 0 bridgehead atoms. The third-order valence-corrected chi connectivity index (χ3v) is 5.29. The molecule has 0 aliphatic heterocycles. The van der Waals surface area contributed by atoms with E-state index < -0.39 is 0 Å². The number of furan rings is 1. The number of hydrogen-bond donors (Lipinski definition) is 0. The molecule has 3 nitrogen and oxygen atoms in total. The summed E-state index contributed by atoms with van der Waals surface area (Å²) in [7, 11) is 0. The van der Waals surface area contributed by atoms with Crippen LogP contribution in [0.4, 0.5) is 0 Å². The van der Waals surface area contributed by atoms with E-state index in [9.17, 15) is 0 Å². The van der Waals surface area contributed by atoms with Gasteiger partial charge in [0.2, 0.25) is 5.71 Å². The molecule has 0 atom stereocenters. The van der Waals surface area contributed by atoms with Crippen molar-refractivity contribution in [2.24, 2.45) is 0 Å². The summed E-state index contributed by atoms with van der Waals surface area (Å²) < 4.78 is 8.26. The number of aromatic nitrogens is 2. The first kappa shape index (κ1) is 14.6. The molecule has 128 valence electrons. The second kappa shape index (κ2) is 5.21. The van der Waals surface area contributed by atoms with Gasteiger partial charge in [-0.15, -0.1) is 0 Å². The Hall–Kier alpha value is -3.59. The lowest BCUT2D eigenvalue weighted by Crippen LogP contribution is -1.93. The van der Waals surface area contributed by atoms with Crippen LogP contribution in [0.2, 0.25) is 0 Å². The zero-order valence-electron chi connectivity index (χ0n) is 14.8. The predicted octanol–water partition coefficient (Wildman–Crippen LogP) is 6.39. The molecule has 6 aromatic rings. The van der Waals surface area contributed by atoms with Gasteiger partial charge in [-0.1, -0.05) is 36.4 Å². The first-order valence-corrected chi connectivity index (χ1v) is 9.07. The highest BCUT2D eigenvalue weighted by Gasteiger charge is 2.14. The average Bonchev–Trinajstić information content (AvgIpc) is 3.23. The van der Waals surface area contributed by atoms with Crippen molar-refractivity contribution >= 4 is 43.9 Å². The molecule has 0 saturated carbocycles. The maximum Gasteiger partial charge on any atom is 0.227 e. The highest BCUT2D eigenvalue weighted by Crippen LogP contribution is 2.34. The lowest BCUT2D eigenvalue weighted by Gasteiger charge is -2.07. The Bertz CT molecular complexity index is 1430. The van der Waals surface area contributed by atoms with E-state index in [0.29, 0.717) is 5.71 Å². The molecule has 3 heteroatoms. The van der Waals surface area contributed by atoms with Crippen molar-refractivity contribution in [3.63, 3.8) is 0 Å². The quantitative estimate of drug-likeness (QED) is 0.345. The summed E-state index contributed by atoms with van der Waals surface area (Å²) in [4.78, 5) is 4.44. The van der Waals surface area contributed by atoms with Gasteiger partial charge in [0.1, 0.15) is 5.58 Å². The lowest BCUT2D eigenvalue weighted by molar-refractivity contribution is 0.654. The number of fused-ring (bicyclic) bond motifs is 6. The minimum atomic E-state index is 0.690. The number of para-hydroxylation sites is 2. The maximum atomic E-state index is 5.93. The fourth-order valence-corrected chi connectivity index (χ4v) is 4.09. The first-order chi connectivity index (χ1) is 13.3. The third kappa shape index (κ3) is 1.99. The highest BCUT2D eigenvalue weighted by molar-refractivity contribution is 6.10. The van der Waals surface area contributed by atoms with Gasteiger partial charge in [-0.2, -0.15) is 0 Å². The normalized spacial score (nSPS) is 11.9. The molecule has 0 spiro atoms. The molecular formula is C24H16N2O. The molecule has 0 unspecified atom stereocenters. The number of benzene rings is 3. The van der Waals surface area contributed by atoms with Gasteiger partial charge in [0.05, 0.1) is 11.0 Å². The Morgan fingerprint density at radius 3 is 2.19 bits per heavy atom. The van der Waals surface area contributed by atoms with Crippen molar-refractivity contribution in [3.8, 4) is 5.69 Å². The van der Waals surface area contributed by atoms with Crippen LogP contribution >= 0.6 is 0 Å². The molecule has 6 rings (SSSR count). The van der Waals surface area contributed by atoms with Crippen LogP contribution in [0.25, 0.3) is 49.6 Å². The largest absolute Gasteiger partial charge is 0.438 e. The van der Waals surface area contributed by atoms with Crippen LogP contribution in [0.1, 0.15) is 5.56 Å². The van der Waals surface area contributed by atoms with Crippen LogP contribution in [-0.4, -0.2) is 9.55 Å². The van der Waals surface area contributed by atoms with E-state index in [-0.39, 0.29) is 0 Å². The van der Waals surface area contributed by atoms with Crippen molar-refractivity contribution in [2.45, 2.75) is 6.92 Å². The summed E-state index contributed by atoms with van der Waals surface area (Å²) >= 11 is 0. The third-order valence-electron chi connectivity index (χ3n) is 5.29. The molecule has 0 aliphatic rings. The van der Waals surface area contributed by atoms with Crippen LogP contribution < -0.4 is 0 Å². The zero-order valence-corrected chi connectivity index (χ0v) is 14.8. The van der Waals surface area contributed by atoms with E-state index in [2.05, 4.69) is 83.2 Å². The van der Waals surface area contributed by atoms with Crippen LogP contribution in [0.15, 0.2) is 83.4 Å².